The van der Waals surface area contributed by atoms with Crippen LogP contribution in [-0.2, 0) is 16.6 Å². The van der Waals surface area contributed by atoms with E-state index in [1.54, 1.807) is 19.2 Å². The first kappa shape index (κ1) is 14.6. The fourth-order valence-electron chi connectivity index (χ4n) is 2.06. The van der Waals surface area contributed by atoms with Crippen LogP contribution in [0.4, 0.5) is 5.69 Å². The van der Waals surface area contributed by atoms with Crippen molar-refractivity contribution in [2.75, 3.05) is 18.4 Å². The lowest BCUT2D eigenvalue weighted by Crippen LogP contribution is -2.26. The second-order valence-electron chi connectivity index (χ2n) is 4.65. The van der Waals surface area contributed by atoms with E-state index in [-0.39, 0.29) is 4.90 Å². The maximum atomic E-state index is 12.6. The number of hydrogen-bond acceptors (Lipinski definition) is 3. The lowest BCUT2D eigenvalue weighted by Gasteiger charge is -2.20. The van der Waals surface area contributed by atoms with Gasteiger partial charge in [0.2, 0.25) is 0 Å². The Balaban J connectivity index is 2.36. The molecule has 20 heavy (non-hydrogen) atoms. The number of H-pyrrole nitrogens is 1. The maximum absolute atomic E-state index is 12.6. The summed E-state index contributed by atoms with van der Waals surface area (Å²) in [5.74, 6) is 0. The molecule has 2 aromatic rings. The van der Waals surface area contributed by atoms with Gasteiger partial charge < -0.3 is 10.3 Å². The number of benzene rings is 1. The van der Waals surface area contributed by atoms with Gasteiger partial charge in [-0.2, -0.15) is 0 Å². The number of para-hydroxylation sites is 1. The Morgan fingerprint density at radius 3 is 2.65 bits per heavy atom. The Labute approximate surface area is 119 Å². The van der Waals surface area contributed by atoms with Crippen molar-refractivity contribution in [3.63, 3.8) is 0 Å². The van der Waals surface area contributed by atoms with E-state index in [1.165, 1.54) is 10.5 Å². The van der Waals surface area contributed by atoms with E-state index >= 15 is 0 Å². The number of anilines is 1. The molecule has 1 heterocycles. The summed E-state index contributed by atoms with van der Waals surface area (Å²) < 4.78 is 26.5. The number of sulfonamides is 1. The van der Waals surface area contributed by atoms with Crippen LogP contribution in [0.5, 0.6) is 0 Å². The average molecular weight is 293 g/mol. The molecule has 0 aliphatic carbocycles. The van der Waals surface area contributed by atoms with Gasteiger partial charge in [-0.3, -0.25) is 4.31 Å². The second kappa shape index (κ2) is 5.68. The van der Waals surface area contributed by atoms with Crippen LogP contribution in [0.15, 0.2) is 41.4 Å². The Bertz CT molecular complexity index is 692. The highest BCUT2D eigenvalue weighted by atomic mass is 32.2. The van der Waals surface area contributed by atoms with E-state index in [1.807, 2.05) is 32.2 Å². The van der Waals surface area contributed by atoms with E-state index in [0.29, 0.717) is 12.2 Å². The molecule has 1 aromatic carbocycles. The first-order valence-electron chi connectivity index (χ1n) is 6.33. The minimum atomic E-state index is -3.54. The molecule has 0 saturated heterocycles. The molecule has 108 valence electrons. The molecule has 0 unspecified atom stereocenters. The van der Waals surface area contributed by atoms with Crippen LogP contribution in [0, 0.1) is 6.92 Å². The highest BCUT2D eigenvalue weighted by Gasteiger charge is 2.23. The Kier molecular flexibility index (Phi) is 4.15. The molecular weight excluding hydrogens is 274 g/mol. The van der Waals surface area contributed by atoms with Crippen molar-refractivity contribution in [3.05, 3.63) is 47.8 Å². The Morgan fingerprint density at radius 2 is 2.00 bits per heavy atom. The van der Waals surface area contributed by atoms with Gasteiger partial charge in [-0.05, 0) is 31.7 Å². The summed E-state index contributed by atoms with van der Waals surface area (Å²) in [4.78, 5) is 3.24. The highest BCUT2D eigenvalue weighted by Crippen LogP contribution is 2.25. The van der Waals surface area contributed by atoms with Crippen molar-refractivity contribution in [1.29, 1.82) is 0 Å². The van der Waals surface area contributed by atoms with Gasteiger partial charge in [0.05, 0.1) is 5.69 Å². The number of hydrogen-bond donors (Lipinski definition) is 2. The van der Waals surface area contributed by atoms with Crippen LogP contribution in [0.2, 0.25) is 0 Å². The quantitative estimate of drug-likeness (QED) is 0.884. The fourth-order valence-corrected chi connectivity index (χ4v) is 3.34. The lowest BCUT2D eigenvalue weighted by molar-refractivity contribution is 0.594. The third-order valence-corrected chi connectivity index (χ3v) is 4.95. The molecule has 0 saturated carbocycles. The van der Waals surface area contributed by atoms with E-state index in [0.717, 1.165) is 11.3 Å². The second-order valence-corrected chi connectivity index (χ2v) is 6.62. The molecule has 2 rings (SSSR count). The third-order valence-electron chi connectivity index (χ3n) is 3.20. The van der Waals surface area contributed by atoms with Crippen LogP contribution < -0.4 is 9.62 Å². The number of rotatable bonds is 5. The summed E-state index contributed by atoms with van der Waals surface area (Å²) in [6, 6.07) is 9.07. The molecule has 0 amide bonds. The summed E-state index contributed by atoms with van der Waals surface area (Å²) >= 11 is 0. The molecule has 0 aliphatic rings. The monoisotopic (exact) mass is 293 g/mol. The van der Waals surface area contributed by atoms with Gasteiger partial charge in [-0.25, -0.2) is 8.42 Å². The van der Waals surface area contributed by atoms with Gasteiger partial charge in [0.1, 0.15) is 4.90 Å². The molecule has 2 N–H and O–H groups in total. The van der Waals surface area contributed by atoms with E-state index in [2.05, 4.69) is 10.3 Å². The van der Waals surface area contributed by atoms with Crippen LogP contribution in [0.1, 0.15) is 11.3 Å². The standard InChI is InChI=1S/C14H19N3O2S/c1-11-6-4-5-7-14(11)17(3)20(18,19)13-8-12(9-15-2)16-10-13/h4-8,10,15-16H,9H2,1-3H3. The van der Waals surface area contributed by atoms with Crippen molar-refractivity contribution in [3.8, 4) is 0 Å². The van der Waals surface area contributed by atoms with E-state index in [4.69, 9.17) is 0 Å². The molecule has 5 nitrogen and oxygen atoms in total. The first-order valence-corrected chi connectivity index (χ1v) is 7.77. The number of nitrogens with zero attached hydrogens (tertiary/aromatic N) is 1. The molecule has 1 aromatic heterocycles. The zero-order valence-electron chi connectivity index (χ0n) is 11.8. The topological polar surface area (TPSA) is 65.2 Å². The smallest absolute Gasteiger partial charge is 0.265 e. The Morgan fingerprint density at radius 1 is 1.30 bits per heavy atom. The summed E-state index contributed by atoms with van der Waals surface area (Å²) in [6.07, 6.45) is 1.52. The predicted octanol–water partition coefficient (Wildman–Crippen LogP) is 1.87. The average Bonchev–Trinajstić information content (AvgIpc) is 2.88. The van der Waals surface area contributed by atoms with Gasteiger partial charge >= 0.3 is 0 Å². The molecule has 0 bridgehead atoms. The largest absolute Gasteiger partial charge is 0.363 e. The molecule has 0 radical (unpaired) electrons. The molecule has 0 atom stereocenters. The normalized spacial score (nSPS) is 11.6. The van der Waals surface area contributed by atoms with Crippen molar-refractivity contribution in [1.82, 2.24) is 10.3 Å². The zero-order chi connectivity index (χ0) is 14.8. The summed E-state index contributed by atoms with van der Waals surface area (Å²) in [5.41, 5.74) is 2.44. The van der Waals surface area contributed by atoms with Gasteiger partial charge in [-0.15, -0.1) is 0 Å². The van der Waals surface area contributed by atoms with Crippen LogP contribution in [-0.4, -0.2) is 27.5 Å². The fraction of sp³-hybridized carbons (Fsp3) is 0.286. The van der Waals surface area contributed by atoms with E-state index < -0.39 is 10.0 Å². The summed E-state index contributed by atoms with van der Waals surface area (Å²) in [5, 5.41) is 2.98. The molecule has 6 heteroatoms. The minimum absolute atomic E-state index is 0.272. The SMILES string of the molecule is CNCc1cc(S(=O)(=O)N(C)c2ccccc2C)c[nH]1. The molecular formula is C14H19N3O2S. The lowest BCUT2D eigenvalue weighted by atomic mass is 10.2. The first-order chi connectivity index (χ1) is 9.46. The van der Waals surface area contributed by atoms with Crippen LogP contribution >= 0.6 is 0 Å². The maximum Gasteiger partial charge on any atom is 0.265 e. The number of nitrogens with one attached hydrogen (secondary N) is 2. The van der Waals surface area contributed by atoms with Crippen molar-refractivity contribution in [2.24, 2.45) is 0 Å². The van der Waals surface area contributed by atoms with Crippen molar-refractivity contribution >= 4 is 15.7 Å². The van der Waals surface area contributed by atoms with Gasteiger partial charge in [0.15, 0.2) is 0 Å². The van der Waals surface area contributed by atoms with Gasteiger partial charge in [0, 0.05) is 25.5 Å². The van der Waals surface area contributed by atoms with Gasteiger partial charge in [-0.1, -0.05) is 18.2 Å². The molecule has 0 aliphatic heterocycles. The third kappa shape index (κ3) is 2.71. The number of aromatic amines is 1. The van der Waals surface area contributed by atoms with Crippen LogP contribution in [0.25, 0.3) is 0 Å². The van der Waals surface area contributed by atoms with Crippen LogP contribution in [0.3, 0.4) is 0 Å². The van der Waals surface area contributed by atoms with Crippen molar-refractivity contribution in [2.45, 2.75) is 18.4 Å². The summed E-state index contributed by atoms with van der Waals surface area (Å²) in [7, 11) is -0.152. The van der Waals surface area contributed by atoms with E-state index in [9.17, 15) is 8.42 Å². The number of aryl methyl sites for hydroxylation is 1. The Hall–Kier alpha value is -1.79. The number of aromatic nitrogens is 1. The van der Waals surface area contributed by atoms with Gasteiger partial charge in [0.25, 0.3) is 10.0 Å². The molecule has 0 fully saturated rings. The molecule has 0 spiro atoms. The minimum Gasteiger partial charge on any atom is -0.363 e. The zero-order valence-corrected chi connectivity index (χ0v) is 12.7. The highest BCUT2D eigenvalue weighted by molar-refractivity contribution is 7.92. The van der Waals surface area contributed by atoms with Crippen molar-refractivity contribution < 1.29 is 8.42 Å². The predicted molar refractivity (Wildman–Crippen MR) is 80.3 cm³/mol. The summed E-state index contributed by atoms with van der Waals surface area (Å²) in [6.45, 7) is 2.49.